The number of benzene rings is 2. The Hall–Kier alpha value is -1.60. The third-order valence-electron chi connectivity index (χ3n) is 3.26. The molecule has 1 atom stereocenters. The van der Waals surface area contributed by atoms with Crippen LogP contribution in [0.15, 0.2) is 53.4 Å². The number of carbonyl (C=O) groups excluding carboxylic acids is 1. The summed E-state index contributed by atoms with van der Waals surface area (Å²) in [6.45, 7) is 0. The van der Waals surface area contributed by atoms with E-state index < -0.39 is 22.0 Å². The number of nitrogens with one attached hydrogen (secondary N) is 1. The molecular weight excluding hydrogens is 373 g/mol. The van der Waals surface area contributed by atoms with Crippen LogP contribution in [0.2, 0.25) is 10.0 Å². The second-order valence-corrected chi connectivity index (χ2v) is 7.57. The molecule has 0 fully saturated rings. The van der Waals surface area contributed by atoms with Crippen LogP contribution in [0.1, 0.15) is 5.56 Å². The van der Waals surface area contributed by atoms with Gasteiger partial charge in [-0.3, -0.25) is 4.79 Å². The normalized spacial score (nSPS) is 12.6. The number of esters is 1. The predicted octanol–water partition coefficient (Wildman–Crippen LogP) is 3.06. The van der Waals surface area contributed by atoms with E-state index in [1.165, 1.54) is 31.4 Å². The zero-order chi connectivity index (χ0) is 17.7. The lowest BCUT2D eigenvalue weighted by atomic mass is 10.1. The molecule has 0 saturated carbocycles. The number of hydrogen-bond donors (Lipinski definition) is 1. The lowest BCUT2D eigenvalue weighted by molar-refractivity contribution is -0.142. The van der Waals surface area contributed by atoms with E-state index in [2.05, 4.69) is 4.72 Å². The van der Waals surface area contributed by atoms with Gasteiger partial charge in [0.2, 0.25) is 10.0 Å². The van der Waals surface area contributed by atoms with Crippen molar-refractivity contribution >= 4 is 39.2 Å². The number of methoxy groups -OCH3 is 1. The van der Waals surface area contributed by atoms with Gasteiger partial charge in [-0.15, -0.1) is 0 Å². The van der Waals surface area contributed by atoms with Gasteiger partial charge in [-0.05, 0) is 48.4 Å². The molecule has 2 rings (SSSR count). The SMILES string of the molecule is COC(=O)C(Cc1ccc(Cl)cc1)NS(=O)(=O)c1ccc(Cl)cc1. The van der Waals surface area contributed by atoms with Gasteiger partial charge in [0.15, 0.2) is 0 Å². The second-order valence-electron chi connectivity index (χ2n) is 4.98. The summed E-state index contributed by atoms with van der Waals surface area (Å²) >= 11 is 11.6. The summed E-state index contributed by atoms with van der Waals surface area (Å²) in [5.41, 5.74) is 0.744. The standard InChI is InChI=1S/C16H15Cl2NO4S/c1-23-16(20)15(10-11-2-4-12(17)5-3-11)19-24(21,22)14-8-6-13(18)7-9-14/h2-9,15,19H,10H2,1H3. The van der Waals surface area contributed by atoms with Crippen molar-refractivity contribution in [3.05, 3.63) is 64.1 Å². The van der Waals surface area contributed by atoms with E-state index in [9.17, 15) is 13.2 Å². The molecule has 0 aliphatic rings. The summed E-state index contributed by atoms with van der Waals surface area (Å²) in [4.78, 5) is 12.0. The monoisotopic (exact) mass is 387 g/mol. The van der Waals surface area contributed by atoms with Gasteiger partial charge in [0.05, 0.1) is 12.0 Å². The van der Waals surface area contributed by atoms with Crippen LogP contribution in [0.3, 0.4) is 0 Å². The van der Waals surface area contributed by atoms with Crippen molar-refractivity contribution in [2.45, 2.75) is 17.4 Å². The molecule has 0 bridgehead atoms. The molecular formula is C16H15Cl2NO4S. The van der Waals surface area contributed by atoms with Crippen molar-refractivity contribution in [1.82, 2.24) is 4.72 Å². The van der Waals surface area contributed by atoms with Crippen molar-refractivity contribution in [2.75, 3.05) is 7.11 Å². The first-order chi connectivity index (χ1) is 11.3. The summed E-state index contributed by atoms with van der Waals surface area (Å²) in [7, 11) is -2.69. The third kappa shape index (κ3) is 4.95. The van der Waals surface area contributed by atoms with Gasteiger partial charge >= 0.3 is 5.97 Å². The minimum atomic E-state index is -3.90. The molecule has 0 amide bonds. The van der Waals surface area contributed by atoms with Crippen molar-refractivity contribution in [3.8, 4) is 0 Å². The molecule has 0 radical (unpaired) electrons. The molecule has 0 saturated heterocycles. The number of hydrogen-bond acceptors (Lipinski definition) is 4. The molecule has 1 N–H and O–H groups in total. The van der Waals surface area contributed by atoms with Gasteiger partial charge in [0, 0.05) is 10.0 Å². The molecule has 0 aliphatic heterocycles. The van der Waals surface area contributed by atoms with Crippen LogP contribution in [0.4, 0.5) is 0 Å². The Balaban J connectivity index is 2.23. The van der Waals surface area contributed by atoms with Crippen LogP contribution in [0.5, 0.6) is 0 Å². The van der Waals surface area contributed by atoms with E-state index in [1.54, 1.807) is 24.3 Å². The first-order valence-corrected chi connectivity index (χ1v) is 9.16. The van der Waals surface area contributed by atoms with Crippen LogP contribution in [0.25, 0.3) is 0 Å². The molecule has 8 heteroatoms. The smallest absolute Gasteiger partial charge is 0.324 e. The van der Waals surface area contributed by atoms with E-state index in [4.69, 9.17) is 27.9 Å². The molecule has 2 aromatic rings. The van der Waals surface area contributed by atoms with Crippen LogP contribution >= 0.6 is 23.2 Å². The molecule has 0 aliphatic carbocycles. The number of rotatable bonds is 6. The fourth-order valence-electron chi connectivity index (χ4n) is 2.04. The Kier molecular flexibility index (Phi) is 6.23. The van der Waals surface area contributed by atoms with Gasteiger partial charge < -0.3 is 4.74 Å². The Morgan fingerprint density at radius 2 is 1.54 bits per heavy atom. The van der Waals surface area contributed by atoms with E-state index in [1.807, 2.05) is 0 Å². The fourth-order valence-corrected chi connectivity index (χ4v) is 3.48. The summed E-state index contributed by atoms with van der Waals surface area (Å²) in [5.74, 6) is -0.678. The maximum absolute atomic E-state index is 12.4. The van der Waals surface area contributed by atoms with Crippen molar-refractivity contribution < 1.29 is 17.9 Å². The molecule has 24 heavy (non-hydrogen) atoms. The van der Waals surface area contributed by atoms with Crippen molar-refractivity contribution in [1.29, 1.82) is 0 Å². The molecule has 0 spiro atoms. The van der Waals surface area contributed by atoms with Crippen LogP contribution < -0.4 is 4.72 Å². The Morgan fingerprint density at radius 3 is 2.04 bits per heavy atom. The van der Waals surface area contributed by atoms with Crippen molar-refractivity contribution in [2.24, 2.45) is 0 Å². The summed E-state index contributed by atoms with van der Waals surface area (Å²) in [6, 6.07) is 11.4. The number of halogens is 2. The van der Waals surface area contributed by atoms with Crippen LogP contribution in [0, 0.1) is 0 Å². The first-order valence-electron chi connectivity index (χ1n) is 6.92. The van der Waals surface area contributed by atoms with E-state index in [0.29, 0.717) is 10.0 Å². The minimum Gasteiger partial charge on any atom is -0.468 e. The average Bonchev–Trinajstić information content (AvgIpc) is 2.55. The molecule has 2 aromatic carbocycles. The first kappa shape index (κ1) is 18.7. The second kappa shape index (κ2) is 7.98. The van der Waals surface area contributed by atoms with Gasteiger partial charge in [-0.2, -0.15) is 4.72 Å². The molecule has 1 unspecified atom stereocenters. The Bertz CT molecular complexity index is 805. The van der Waals surface area contributed by atoms with Gasteiger partial charge in [0.25, 0.3) is 0 Å². The minimum absolute atomic E-state index is 0.0110. The summed E-state index contributed by atoms with van der Waals surface area (Å²) in [5, 5.41) is 0.967. The molecule has 128 valence electrons. The lowest BCUT2D eigenvalue weighted by Crippen LogP contribution is -2.42. The lowest BCUT2D eigenvalue weighted by Gasteiger charge is -2.17. The zero-order valence-corrected chi connectivity index (χ0v) is 15.0. The highest BCUT2D eigenvalue weighted by atomic mass is 35.5. The molecule has 0 heterocycles. The van der Waals surface area contributed by atoms with Crippen molar-refractivity contribution in [3.63, 3.8) is 0 Å². The topological polar surface area (TPSA) is 72.5 Å². The summed E-state index contributed by atoms with van der Waals surface area (Å²) < 4.78 is 31.9. The van der Waals surface area contributed by atoms with E-state index in [-0.39, 0.29) is 11.3 Å². The number of sulfonamides is 1. The van der Waals surface area contributed by atoms with Crippen LogP contribution in [-0.4, -0.2) is 27.5 Å². The summed E-state index contributed by atoms with van der Waals surface area (Å²) in [6.07, 6.45) is 0.136. The van der Waals surface area contributed by atoms with Gasteiger partial charge in [-0.1, -0.05) is 35.3 Å². The average molecular weight is 388 g/mol. The maximum atomic E-state index is 12.4. The van der Waals surface area contributed by atoms with E-state index >= 15 is 0 Å². The van der Waals surface area contributed by atoms with Gasteiger partial charge in [-0.25, -0.2) is 8.42 Å². The highest BCUT2D eigenvalue weighted by Crippen LogP contribution is 2.16. The highest BCUT2D eigenvalue weighted by molar-refractivity contribution is 7.89. The largest absolute Gasteiger partial charge is 0.468 e. The Morgan fingerprint density at radius 1 is 1.04 bits per heavy atom. The molecule has 5 nitrogen and oxygen atoms in total. The fraction of sp³-hybridized carbons (Fsp3) is 0.188. The maximum Gasteiger partial charge on any atom is 0.324 e. The number of ether oxygens (including phenoxy) is 1. The zero-order valence-electron chi connectivity index (χ0n) is 12.7. The van der Waals surface area contributed by atoms with Crippen LogP contribution in [-0.2, 0) is 26.0 Å². The predicted molar refractivity (Wildman–Crippen MR) is 92.7 cm³/mol. The highest BCUT2D eigenvalue weighted by Gasteiger charge is 2.26. The quantitative estimate of drug-likeness (QED) is 0.773. The van der Waals surface area contributed by atoms with Gasteiger partial charge in [0.1, 0.15) is 6.04 Å². The third-order valence-corrected chi connectivity index (χ3v) is 5.25. The van der Waals surface area contributed by atoms with E-state index in [0.717, 1.165) is 5.56 Å². The molecule has 0 aromatic heterocycles. The Labute approximate surface area is 150 Å². The number of carbonyl (C=O) groups is 1.